The lowest BCUT2D eigenvalue weighted by Crippen LogP contribution is -2.46. The molecule has 0 bridgehead atoms. The maximum absolute atomic E-state index is 12.5. The van der Waals surface area contributed by atoms with E-state index in [0.717, 1.165) is 0 Å². The molecule has 10 heteroatoms. The smallest absolute Gasteiger partial charge is 0.415 e. The average Bonchev–Trinajstić information content (AvgIpc) is 2.93. The summed E-state index contributed by atoms with van der Waals surface area (Å²) in [7, 11) is 1.52. The van der Waals surface area contributed by atoms with Gasteiger partial charge in [-0.3, -0.25) is 9.69 Å². The highest BCUT2D eigenvalue weighted by Crippen LogP contribution is 2.24. The number of carbonyl (C=O) groups excluding carboxylic acids is 2. The first kappa shape index (κ1) is 19.4. The number of ether oxygens (including phenoxy) is 1. The molecule has 2 aromatic heterocycles. The molecule has 2 aromatic rings. The number of aliphatic hydroxyl groups is 1. The van der Waals surface area contributed by atoms with Crippen molar-refractivity contribution in [2.75, 3.05) is 11.9 Å². The summed E-state index contributed by atoms with van der Waals surface area (Å²) in [5, 5.41) is 16.5. The van der Waals surface area contributed by atoms with Gasteiger partial charge in [-0.2, -0.15) is 9.61 Å². The summed E-state index contributed by atoms with van der Waals surface area (Å²) in [6.45, 7) is 5.30. The highest BCUT2D eigenvalue weighted by atomic mass is 35.5. The first-order chi connectivity index (χ1) is 12.5. The monoisotopic (exact) mass is 395 g/mol. The fourth-order valence-corrected chi connectivity index (χ4v) is 2.89. The van der Waals surface area contributed by atoms with E-state index in [1.54, 1.807) is 20.8 Å². The van der Waals surface area contributed by atoms with Gasteiger partial charge >= 0.3 is 6.09 Å². The van der Waals surface area contributed by atoms with Gasteiger partial charge < -0.3 is 15.2 Å². The predicted molar refractivity (Wildman–Crippen MR) is 99.1 cm³/mol. The molecule has 1 saturated carbocycles. The minimum absolute atomic E-state index is 0.0782. The number of hydrogen-bond donors (Lipinski definition) is 2. The molecule has 1 fully saturated rings. The van der Waals surface area contributed by atoms with E-state index in [0.29, 0.717) is 18.7 Å². The van der Waals surface area contributed by atoms with Gasteiger partial charge in [-0.1, -0.05) is 11.6 Å². The summed E-state index contributed by atoms with van der Waals surface area (Å²) in [4.78, 5) is 30.3. The molecule has 9 nitrogen and oxygen atoms in total. The molecule has 0 atom stereocenters. The molecule has 0 spiro atoms. The number of amides is 2. The van der Waals surface area contributed by atoms with Crippen LogP contribution in [0.1, 0.15) is 44.0 Å². The second kappa shape index (κ2) is 6.97. The largest absolute Gasteiger partial charge is 0.443 e. The van der Waals surface area contributed by atoms with Gasteiger partial charge in [-0.25, -0.2) is 9.78 Å². The Morgan fingerprint density at radius 3 is 2.67 bits per heavy atom. The number of anilines is 1. The van der Waals surface area contributed by atoms with E-state index in [2.05, 4.69) is 15.4 Å². The van der Waals surface area contributed by atoms with Gasteiger partial charge in [0.2, 0.25) is 0 Å². The number of fused-ring (bicyclic) bond motifs is 1. The Labute approximate surface area is 161 Å². The van der Waals surface area contributed by atoms with E-state index in [9.17, 15) is 14.7 Å². The SMILES string of the molecule is CN(C(=O)OC(C)(C)C)c1cc(Cl)nc2c(C(=O)N[C@H]3C[C@H](O)C3)cnn12. The average molecular weight is 396 g/mol. The van der Waals surface area contributed by atoms with Crippen molar-refractivity contribution >= 4 is 35.1 Å². The van der Waals surface area contributed by atoms with Crippen LogP contribution in [0, 0.1) is 0 Å². The molecule has 1 aliphatic rings. The Morgan fingerprint density at radius 2 is 2.07 bits per heavy atom. The second-order valence-corrected chi connectivity index (χ2v) is 7.95. The number of nitrogens with zero attached hydrogens (tertiary/aromatic N) is 4. The highest BCUT2D eigenvalue weighted by molar-refractivity contribution is 6.30. The Hall–Kier alpha value is -2.39. The van der Waals surface area contributed by atoms with Crippen LogP contribution in [0.2, 0.25) is 5.15 Å². The van der Waals surface area contributed by atoms with Crippen LogP contribution < -0.4 is 10.2 Å². The van der Waals surface area contributed by atoms with Crippen LogP contribution in [-0.2, 0) is 4.74 Å². The van der Waals surface area contributed by atoms with Gasteiger partial charge in [0.1, 0.15) is 22.1 Å². The topological polar surface area (TPSA) is 109 Å². The molecular weight excluding hydrogens is 374 g/mol. The van der Waals surface area contributed by atoms with Gasteiger partial charge in [0.15, 0.2) is 5.65 Å². The third kappa shape index (κ3) is 4.14. The van der Waals surface area contributed by atoms with Crippen LogP contribution in [0.4, 0.5) is 10.6 Å². The first-order valence-corrected chi connectivity index (χ1v) is 8.93. The van der Waals surface area contributed by atoms with E-state index >= 15 is 0 Å². The molecule has 0 aromatic carbocycles. The lowest BCUT2D eigenvalue weighted by molar-refractivity contribution is 0.0560. The molecule has 1 aliphatic carbocycles. The number of aliphatic hydroxyl groups excluding tert-OH is 1. The molecule has 0 unspecified atom stereocenters. The normalized spacial score (nSPS) is 19.5. The maximum Gasteiger partial charge on any atom is 0.415 e. The Morgan fingerprint density at radius 1 is 1.41 bits per heavy atom. The van der Waals surface area contributed by atoms with Crippen molar-refractivity contribution in [2.24, 2.45) is 0 Å². The van der Waals surface area contributed by atoms with Crippen LogP contribution in [0.3, 0.4) is 0 Å². The number of nitrogens with one attached hydrogen (secondary N) is 1. The zero-order valence-corrected chi connectivity index (χ0v) is 16.3. The summed E-state index contributed by atoms with van der Waals surface area (Å²) in [6, 6.07) is 1.39. The third-order valence-electron chi connectivity index (χ3n) is 4.13. The lowest BCUT2D eigenvalue weighted by Gasteiger charge is -2.31. The standard InChI is InChI=1S/C17H22ClN5O4/c1-17(2,3)27-16(26)22(4)13-7-12(18)21-14-11(8-19-23(13)14)15(25)20-9-5-10(24)6-9/h7-10,24H,5-6H2,1-4H3,(H,20,25)/t9-,10-. The summed E-state index contributed by atoms with van der Waals surface area (Å²) < 4.78 is 6.72. The number of hydrogen-bond acceptors (Lipinski definition) is 6. The number of rotatable bonds is 3. The molecule has 2 heterocycles. The van der Waals surface area contributed by atoms with Crippen LogP contribution in [0.15, 0.2) is 12.3 Å². The Kier molecular flexibility index (Phi) is 5.00. The van der Waals surface area contributed by atoms with Crippen molar-refractivity contribution in [3.8, 4) is 0 Å². The second-order valence-electron chi connectivity index (χ2n) is 7.57. The molecule has 0 saturated heterocycles. The maximum atomic E-state index is 12.5. The number of carbonyl (C=O) groups is 2. The molecule has 27 heavy (non-hydrogen) atoms. The summed E-state index contributed by atoms with van der Waals surface area (Å²) >= 11 is 6.11. The minimum atomic E-state index is -0.663. The van der Waals surface area contributed by atoms with Crippen molar-refractivity contribution in [3.05, 3.63) is 23.0 Å². The zero-order valence-electron chi connectivity index (χ0n) is 15.6. The number of aromatic nitrogens is 3. The van der Waals surface area contributed by atoms with Gasteiger partial charge in [0.25, 0.3) is 5.91 Å². The first-order valence-electron chi connectivity index (χ1n) is 8.55. The molecule has 146 valence electrons. The van der Waals surface area contributed by atoms with E-state index in [4.69, 9.17) is 16.3 Å². The molecule has 3 rings (SSSR count). The third-order valence-corrected chi connectivity index (χ3v) is 4.32. The van der Waals surface area contributed by atoms with Crippen molar-refractivity contribution in [2.45, 2.75) is 51.4 Å². The van der Waals surface area contributed by atoms with Crippen molar-refractivity contribution in [3.63, 3.8) is 0 Å². The van der Waals surface area contributed by atoms with Crippen molar-refractivity contribution in [1.82, 2.24) is 19.9 Å². The van der Waals surface area contributed by atoms with Crippen LogP contribution in [0.25, 0.3) is 5.65 Å². The quantitative estimate of drug-likeness (QED) is 0.769. The predicted octanol–water partition coefficient (Wildman–Crippen LogP) is 2.01. The van der Waals surface area contributed by atoms with Gasteiger partial charge in [0, 0.05) is 19.2 Å². The van der Waals surface area contributed by atoms with Crippen molar-refractivity contribution < 1.29 is 19.4 Å². The number of halogens is 1. The highest BCUT2D eigenvalue weighted by Gasteiger charge is 2.30. The van der Waals surface area contributed by atoms with Crippen LogP contribution in [-0.4, -0.2) is 56.5 Å². The molecule has 2 N–H and O–H groups in total. The minimum Gasteiger partial charge on any atom is -0.443 e. The van der Waals surface area contributed by atoms with E-state index in [-0.39, 0.29) is 34.4 Å². The van der Waals surface area contributed by atoms with Crippen LogP contribution in [0.5, 0.6) is 0 Å². The van der Waals surface area contributed by atoms with E-state index in [1.165, 1.54) is 28.7 Å². The summed E-state index contributed by atoms with van der Waals surface area (Å²) in [6.07, 6.45) is 1.45. The molecule has 2 amide bonds. The van der Waals surface area contributed by atoms with E-state index in [1.807, 2.05) is 0 Å². The zero-order chi connectivity index (χ0) is 19.9. The molecular formula is C17H22ClN5O4. The fourth-order valence-electron chi connectivity index (χ4n) is 2.71. The van der Waals surface area contributed by atoms with E-state index < -0.39 is 11.7 Å². The van der Waals surface area contributed by atoms with Gasteiger partial charge in [0.05, 0.1) is 12.3 Å². The summed E-state index contributed by atoms with van der Waals surface area (Å²) in [5.74, 6) is -0.0418. The fraction of sp³-hybridized carbons (Fsp3) is 0.529. The molecule has 0 radical (unpaired) electrons. The van der Waals surface area contributed by atoms with Gasteiger partial charge in [-0.15, -0.1) is 0 Å². The van der Waals surface area contributed by atoms with Gasteiger partial charge in [-0.05, 0) is 33.6 Å². The Bertz CT molecular complexity index is 885. The van der Waals surface area contributed by atoms with Crippen molar-refractivity contribution in [1.29, 1.82) is 0 Å². The Balaban J connectivity index is 1.90. The molecule has 0 aliphatic heterocycles. The summed E-state index contributed by atoms with van der Waals surface area (Å²) in [5.41, 5.74) is -0.202. The lowest BCUT2D eigenvalue weighted by atomic mass is 9.89. The van der Waals surface area contributed by atoms with Crippen LogP contribution >= 0.6 is 11.6 Å².